The Labute approximate surface area is 80.0 Å². The standard InChI is InChI=1S/C9H20N2O2/c1-8(2)7-13-9(12)11-6-4-5-10-3/h8,10H,4-7H2,1-3H3,(H,11,12). The van der Waals surface area contributed by atoms with E-state index in [9.17, 15) is 4.79 Å². The van der Waals surface area contributed by atoms with Gasteiger partial charge in [0, 0.05) is 6.54 Å². The number of hydrogen-bond acceptors (Lipinski definition) is 3. The van der Waals surface area contributed by atoms with Crippen molar-refractivity contribution in [2.24, 2.45) is 5.92 Å². The number of carbonyl (C=O) groups is 1. The van der Waals surface area contributed by atoms with Gasteiger partial charge in [-0.05, 0) is 25.9 Å². The Bertz CT molecular complexity index is 138. The van der Waals surface area contributed by atoms with E-state index in [1.807, 2.05) is 20.9 Å². The maximum atomic E-state index is 11.0. The van der Waals surface area contributed by atoms with E-state index in [1.54, 1.807) is 0 Å². The molecule has 0 aromatic rings. The Balaban J connectivity index is 3.20. The lowest BCUT2D eigenvalue weighted by Gasteiger charge is -2.08. The third kappa shape index (κ3) is 9.14. The van der Waals surface area contributed by atoms with E-state index >= 15 is 0 Å². The van der Waals surface area contributed by atoms with E-state index in [4.69, 9.17) is 4.74 Å². The summed E-state index contributed by atoms with van der Waals surface area (Å²) in [4.78, 5) is 11.0. The fourth-order valence-electron chi connectivity index (χ4n) is 0.749. The van der Waals surface area contributed by atoms with Crippen molar-refractivity contribution in [1.82, 2.24) is 10.6 Å². The molecule has 0 saturated heterocycles. The summed E-state index contributed by atoms with van der Waals surface area (Å²) in [5.74, 6) is 0.392. The van der Waals surface area contributed by atoms with E-state index in [0.717, 1.165) is 13.0 Å². The third-order valence-electron chi connectivity index (χ3n) is 1.42. The zero-order chi connectivity index (χ0) is 10.1. The molecule has 0 fully saturated rings. The highest BCUT2D eigenvalue weighted by atomic mass is 16.5. The van der Waals surface area contributed by atoms with Crippen LogP contribution in [0.1, 0.15) is 20.3 Å². The fraction of sp³-hybridized carbons (Fsp3) is 0.889. The van der Waals surface area contributed by atoms with Crippen LogP contribution in [0.4, 0.5) is 4.79 Å². The molecular weight excluding hydrogens is 168 g/mol. The summed E-state index contributed by atoms with van der Waals surface area (Å²) >= 11 is 0. The molecule has 0 heterocycles. The Kier molecular flexibility index (Phi) is 7.39. The number of ether oxygens (including phenoxy) is 1. The van der Waals surface area contributed by atoms with Crippen LogP contribution in [0, 0.1) is 5.92 Å². The first-order valence-corrected chi connectivity index (χ1v) is 4.72. The monoisotopic (exact) mass is 188 g/mol. The lowest BCUT2D eigenvalue weighted by Crippen LogP contribution is -2.28. The normalized spacial score (nSPS) is 10.2. The van der Waals surface area contributed by atoms with Crippen molar-refractivity contribution in [3.8, 4) is 0 Å². The van der Waals surface area contributed by atoms with Crippen molar-refractivity contribution >= 4 is 6.09 Å². The van der Waals surface area contributed by atoms with Gasteiger partial charge in [0.2, 0.25) is 0 Å². The highest BCUT2D eigenvalue weighted by Crippen LogP contribution is 1.92. The van der Waals surface area contributed by atoms with Gasteiger partial charge in [0.05, 0.1) is 6.61 Å². The molecule has 1 amide bonds. The smallest absolute Gasteiger partial charge is 0.407 e. The zero-order valence-electron chi connectivity index (χ0n) is 8.72. The fourth-order valence-corrected chi connectivity index (χ4v) is 0.749. The highest BCUT2D eigenvalue weighted by molar-refractivity contribution is 5.66. The van der Waals surface area contributed by atoms with E-state index in [2.05, 4.69) is 10.6 Å². The molecule has 13 heavy (non-hydrogen) atoms. The number of hydrogen-bond donors (Lipinski definition) is 2. The van der Waals surface area contributed by atoms with Crippen LogP contribution < -0.4 is 10.6 Å². The second-order valence-electron chi connectivity index (χ2n) is 3.38. The second-order valence-corrected chi connectivity index (χ2v) is 3.38. The maximum absolute atomic E-state index is 11.0. The molecular formula is C9H20N2O2. The van der Waals surface area contributed by atoms with Crippen LogP contribution >= 0.6 is 0 Å². The molecule has 0 bridgehead atoms. The second kappa shape index (κ2) is 7.86. The lowest BCUT2D eigenvalue weighted by atomic mass is 10.2. The minimum Gasteiger partial charge on any atom is -0.449 e. The highest BCUT2D eigenvalue weighted by Gasteiger charge is 2.01. The summed E-state index contributed by atoms with van der Waals surface area (Å²) in [6.07, 6.45) is 0.609. The van der Waals surface area contributed by atoms with E-state index < -0.39 is 0 Å². The number of amides is 1. The van der Waals surface area contributed by atoms with E-state index in [0.29, 0.717) is 19.1 Å². The van der Waals surface area contributed by atoms with Gasteiger partial charge in [0.1, 0.15) is 0 Å². The number of carbonyl (C=O) groups excluding carboxylic acids is 1. The molecule has 0 radical (unpaired) electrons. The van der Waals surface area contributed by atoms with Crippen LogP contribution in [-0.2, 0) is 4.74 Å². The third-order valence-corrected chi connectivity index (χ3v) is 1.42. The van der Waals surface area contributed by atoms with Gasteiger partial charge in [-0.2, -0.15) is 0 Å². The van der Waals surface area contributed by atoms with Gasteiger partial charge in [0.25, 0.3) is 0 Å². The van der Waals surface area contributed by atoms with Crippen LogP contribution in [0.25, 0.3) is 0 Å². The summed E-state index contributed by atoms with van der Waals surface area (Å²) in [6.45, 7) is 6.07. The minimum atomic E-state index is -0.315. The summed E-state index contributed by atoms with van der Waals surface area (Å²) in [6, 6.07) is 0. The summed E-state index contributed by atoms with van der Waals surface area (Å²) < 4.78 is 4.91. The molecule has 0 unspecified atom stereocenters. The minimum absolute atomic E-state index is 0.315. The van der Waals surface area contributed by atoms with Crippen LogP contribution in [0.5, 0.6) is 0 Å². The largest absolute Gasteiger partial charge is 0.449 e. The Hall–Kier alpha value is -0.770. The number of rotatable bonds is 6. The Morgan fingerprint density at radius 2 is 2.08 bits per heavy atom. The molecule has 4 nitrogen and oxygen atoms in total. The van der Waals surface area contributed by atoms with Gasteiger partial charge in [-0.3, -0.25) is 0 Å². The zero-order valence-corrected chi connectivity index (χ0v) is 8.72. The molecule has 2 N–H and O–H groups in total. The van der Waals surface area contributed by atoms with Gasteiger partial charge in [0.15, 0.2) is 0 Å². The average molecular weight is 188 g/mol. The molecule has 0 aliphatic carbocycles. The predicted molar refractivity (Wildman–Crippen MR) is 52.7 cm³/mol. The van der Waals surface area contributed by atoms with Crippen molar-refractivity contribution in [3.05, 3.63) is 0 Å². The van der Waals surface area contributed by atoms with Crippen LogP contribution in [0.3, 0.4) is 0 Å². The van der Waals surface area contributed by atoms with Crippen LogP contribution in [0.2, 0.25) is 0 Å². The lowest BCUT2D eigenvalue weighted by molar-refractivity contribution is 0.133. The van der Waals surface area contributed by atoms with Crippen molar-refractivity contribution < 1.29 is 9.53 Å². The van der Waals surface area contributed by atoms with Crippen LogP contribution in [-0.4, -0.2) is 32.8 Å². The molecule has 78 valence electrons. The molecule has 0 aromatic carbocycles. The van der Waals surface area contributed by atoms with Gasteiger partial charge in [-0.25, -0.2) is 4.79 Å². The average Bonchev–Trinajstić information content (AvgIpc) is 2.09. The molecule has 0 spiro atoms. The molecule has 0 aliphatic heterocycles. The van der Waals surface area contributed by atoms with Crippen molar-refractivity contribution in [2.45, 2.75) is 20.3 Å². The molecule has 0 saturated carbocycles. The first kappa shape index (κ1) is 12.2. The SMILES string of the molecule is CNCCCNC(=O)OCC(C)C. The molecule has 0 aromatic heterocycles. The van der Waals surface area contributed by atoms with E-state index in [1.165, 1.54) is 0 Å². The summed E-state index contributed by atoms with van der Waals surface area (Å²) in [5.41, 5.74) is 0. The summed E-state index contributed by atoms with van der Waals surface area (Å²) in [7, 11) is 1.89. The molecule has 4 heteroatoms. The molecule has 0 aliphatic rings. The van der Waals surface area contributed by atoms with Gasteiger partial charge in [-0.1, -0.05) is 13.8 Å². The quantitative estimate of drug-likeness (QED) is 0.611. The van der Waals surface area contributed by atoms with Crippen molar-refractivity contribution in [2.75, 3.05) is 26.7 Å². The number of alkyl carbamates (subject to hydrolysis) is 1. The van der Waals surface area contributed by atoms with Gasteiger partial charge >= 0.3 is 6.09 Å². The van der Waals surface area contributed by atoms with Gasteiger partial charge < -0.3 is 15.4 Å². The van der Waals surface area contributed by atoms with Crippen molar-refractivity contribution in [1.29, 1.82) is 0 Å². The van der Waals surface area contributed by atoms with Crippen LogP contribution in [0.15, 0.2) is 0 Å². The molecule has 0 rings (SSSR count). The summed E-state index contributed by atoms with van der Waals surface area (Å²) in [5, 5.41) is 5.67. The maximum Gasteiger partial charge on any atom is 0.407 e. The Morgan fingerprint density at radius 3 is 2.62 bits per heavy atom. The van der Waals surface area contributed by atoms with E-state index in [-0.39, 0.29) is 6.09 Å². The first-order valence-electron chi connectivity index (χ1n) is 4.72. The number of nitrogens with one attached hydrogen (secondary N) is 2. The first-order chi connectivity index (χ1) is 6.16. The predicted octanol–water partition coefficient (Wildman–Crippen LogP) is 0.978. The molecule has 0 atom stereocenters. The van der Waals surface area contributed by atoms with Crippen molar-refractivity contribution in [3.63, 3.8) is 0 Å². The topological polar surface area (TPSA) is 50.4 Å². The van der Waals surface area contributed by atoms with Gasteiger partial charge in [-0.15, -0.1) is 0 Å². The Morgan fingerprint density at radius 1 is 1.38 bits per heavy atom.